The predicted molar refractivity (Wildman–Crippen MR) is 72.0 cm³/mol. The zero-order valence-electron chi connectivity index (χ0n) is 9.71. The molecule has 0 heterocycles. The summed E-state index contributed by atoms with van der Waals surface area (Å²) in [7, 11) is 0. The van der Waals surface area contributed by atoms with Gasteiger partial charge in [-0.15, -0.1) is 0 Å². The van der Waals surface area contributed by atoms with Gasteiger partial charge in [0.25, 0.3) is 0 Å². The van der Waals surface area contributed by atoms with Crippen molar-refractivity contribution in [1.29, 1.82) is 0 Å². The Kier molecular flexibility index (Phi) is 3.81. The lowest BCUT2D eigenvalue weighted by Crippen LogP contribution is -2.10. The van der Waals surface area contributed by atoms with E-state index >= 15 is 0 Å². The summed E-state index contributed by atoms with van der Waals surface area (Å²) in [6.45, 7) is 14.3. The predicted octanol–water partition coefficient (Wildman–Crippen LogP) is 4.83. The van der Waals surface area contributed by atoms with E-state index in [9.17, 15) is 0 Å². The largest absolute Gasteiger partial charge is 0.0987 e. The molecule has 1 heteroatoms. The van der Waals surface area contributed by atoms with E-state index in [1.165, 1.54) is 11.1 Å². The molecule has 0 saturated heterocycles. The van der Waals surface area contributed by atoms with Crippen molar-refractivity contribution in [1.82, 2.24) is 0 Å². The van der Waals surface area contributed by atoms with E-state index in [0.717, 1.165) is 4.91 Å². The molecule has 0 aliphatic heterocycles. The van der Waals surface area contributed by atoms with Crippen LogP contribution >= 0.6 is 11.8 Å². The minimum atomic E-state index is 0.214. The van der Waals surface area contributed by atoms with Crippen molar-refractivity contribution in [2.24, 2.45) is 0 Å². The summed E-state index contributed by atoms with van der Waals surface area (Å²) in [6, 6.07) is 8.59. The average molecular weight is 218 g/mol. The lowest BCUT2D eigenvalue weighted by atomic mass is 9.87. The Morgan fingerprint density at radius 3 is 2.13 bits per heavy atom. The quantitative estimate of drug-likeness (QED) is 0.700. The molecule has 0 nitrogen and oxygen atoms in total. The van der Waals surface area contributed by atoms with Crippen LogP contribution in [0.2, 0.25) is 0 Å². The zero-order chi connectivity index (χ0) is 11.5. The molecule has 0 aromatic heterocycles. The monoisotopic (exact) mass is 218 g/mol. The van der Waals surface area contributed by atoms with Crippen molar-refractivity contribution in [3.8, 4) is 0 Å². The van der Waals surface area contributed by atoms with Crippen molar-refractivity contribution in [2.45, 2.75) is 26.2 Å². The van der Waals surface area contributed by atoms with Crippen molar-refractivity contribution >= 4 is 16.7 Å². The molecule has 0 saturated carbocycles. The average Bonchev–Trinajstić information content (AvgIpc) is 2.17. The Morgan fingerprint density at radius 1 is 1.20 bits per heavy atom. The molecule has 0 spiro atoms. The first-order valence-corrected chi connectivity index (χ1v) is 5.90. The molecule has 1 aromatic carbocycles. The number of hydrogen-bond donors (Lipinski definition) is 0. The van der Waals surface area contributed by atoms with E-state index in [2.05, 4.69) is 58.2 Å². The fourth-order valence-corrected chi connectivity index (χ4v) is 1.80. The van der Waals surface area contributed by atoms with Crippen LogP contribution in [-0.2, 0) is 5.41 Å². The third kappa shape index (κ3) is 3.28. The number of thioether (sulfide) groups is 1. The third-order valence-corrected chi connectivity index (χ3v) is 2.99. The minimum absolute atomic E-state index is 0.214. The maximum Gasteiger partial charge on any atom is 0.0116 e. The van der Waals surface area contributed by atoms with Crippen LogP contribution in [0.15, 0.2) is 42.8 Å². The number of hydrogen-bond acceptors (Lipinski definition) is 1. The van der Waals surface area contributed by atoms with E-state index in [4.69, 9.17) is 0 Å². The molecule has 0 unspecified atom stereocenters. The molecular formula is C14H18S. The van der Waals surface area contributed by atoms with Crippen molar-refractivity contribution < 1.29 is 0 Å². The second-order valence-electron chi connectivity index (χ2n) is 4.54. The summed E-state index contributed by atoms with van der Waals surface area (Å²) in [6.07, 6.45) is 0. The van der Waals surface area contributed by atoms with Gasteiger partial charge in [-0.2, -0.15) is 0 Å². The molecule has 0 amide bonds. The van der Waals surface area contributed by atoms with Crippen LogP contribution in [-0.4, -0.2) is 0 Å². The summed E-state index contributed by atoms with van der Waals surface area (Å²) < 4.78 is 0. The Bertz CT molecular complexity index is 352. The van der Waals surface area contributed by atoms with E-state index in [1.807, 2.05) is 0 Å². The Morgan fingerprint density at radius 2 is 1.73 bits per heavy atom. The topological polar surface area (TPSA) is 0 Å². The van der Waals surface area contributed by atoms with Crippen LogP contribution in [0.1, 0.15) is 31.9 Å². The maximum absolute atomic E-state index is 4.00. The van der Waals surface area contributed by atoms with Crippen LogP contribution < -0.4 is 0 Å². The van der Waals surface area contributed by atoms with Crippen LogP contribution in [0.4, 0.5) is 0 Å². The summed E-state index contributed by atoms with van der Waals surface area (Å²) in [5, 5.41) is 1.81. The molecule has 0 aliphatic rings. The lowest BCUT2D eigenvalue weighted by molar-refractivity contribution is 0.590. The molecule has 0 atom stereocenters. The first kappa shape index (κ1) is 12.1. The smallest absolute Gasteiger partial charge is 0.0116 e. The van der Waals surface area contributed by atoms with Crippen LogP contribution in [0.5, 0.6) is 0 Å². The van der Waals surface area contributed by atoms with Crippen LogP contribution in [0, 0.1) is 0 Å². The Labute approximate surface area is 97.1 Å². The van der Waals surface area contributed by atoms with Gasteiger partial charge in [0.15, 0.2) is 0 Å². The minimum Gasteiger partial charge on any atom is -0.0987 e. The van der Waals surface area contributed by atoms with Gasteiger partial charge in [0.05, 0.1) is 0 Å². The lowest BCUT2D eigenvalue weighted by Gasteiger charge is -2.19. The Hall–Kier alpha value is -0.950. The summed E-state index contributed by atoms with van der Waals surface area (Å²) >= 11 is 1.57. The summed E-state index contributed by atoms with van der Waals surface area (Å²) in [5.74, 6) is 0. The zero-order valence-corrected chi connectivity index (χ0v) is 10.5. The number of benzene rings is 1. The molecule has 1 aromatic rings. The van der Waals surface area contributed by atoms with Crippen LogP contribution in [0.3, 0.4) is 0 Å². The maximum atomic E-state index is 4.00. The van der Waals surface area contributed by atoms with Gasteiger partial charge >= 0.3 is 0 Å². The van der Waals surface area contributed by atoms with Crippen molar-refractivity contribution in [3.63, 3.8) is 0 Å². The molecule has 80 valence electrons. The standard InChI is InChI=1S/C14H18S/c1-6-15-11(2)12-7-9-13(10-8-12)14(3,4)5/h6-10H,1-2H2,3-5H3. The van der Waals surface area contributed by atoms with Gasteiger partial charge in [-0.1, -0.05) is 70.0 Å². The molecule has 0 radical (unpaired) electrons. The van der Waals surface area contributed by atoms with E-state index < -0.39 is 0 Å². The highest BCUT2D eigenvalue weighted by atomic mass is 32.2. The highest BCUT2D eigenvalue weighted by molar-refractivity contribution is 8.10. The first-order valence-electron chi connectivity index (χ1n) is 5.02. The van der Waals surface area contributed by atoms with Gasteiger partial charge in [-0.3, -0.25) is 0 Å². The highest BCUT2D eigenvalue weighted by Crippen LogP contribution is 2.28. The molecule has 0 bridgehead atoms. The van der Waals surface area contributed by atoms with Crippen LogP contribution in [0.25, 0.3) is 4.91 Å². The Balaban J connectivity index is 2.90. The van der Waals surface area contributed by atoms with Gasteiger partial charge in [0, 0.05) is 4.91 Å². The normalized spacial score (nSPS) is 11.1. The highest BCUT2D eigenvalue weighted by Gasteiger charge is 2.12. The summed E-state index contributed by atoms with van der Waals surface area (Å²) in [5.41, 5.74) is 2.74. The summed E-state index contributed by atoms with van der Waals surface area (Å²) in [4.78, 5) is 1.05. The van der Waals surface area contributed by atoms with Crippen molar-refractivity contribution in [3.05, 3.63) is 54.0 Å². The van der Waals surface area contributed by atoms with Gasteiger partial charge in [0.1, 0.15) is 0 Å². The first-order chi connectivity index (χ1) is 6.95. The third-order valence-electron chi connectivity index (χ3n) is 2.30. The SMILES string of the molecule is C=CSC(=C)c1ccc(C(C)(C)C)cc1. The molecule has 0 aliphatic carbocycles. The molecule has 0 fully saturated rings. The van der Waals surface area contributed by atoms with E-state index in [-0.39, 0.29) is 5.41 Å². The molecule has 1 rings (SSSR count). The van der Waals surface area contributed by atoms with Gasteiger partial charge in [0.2, 0.25) is 0 Å². The van der Waals surface area contributed by atoms with Crippen molar-refractivity contribution in [2.75, 3.05) is 0 Å². The van der Waals surface area contributed by atoms with E-state index in [0.29, 0.717) is 0 Å². The van der Waals surface area contributed by atoms with Gasteiger partial charge < -0.3 is 0 Å². The molecule has 15 heavy (non-hydrogen) atoms. The fourth-order valence-electron chi connectivity index (χ4n) is 1.32. The second kappa shape index (κ2) is 4.71. The van der Waals surface area contributed by atoms with Gasteiger partial charge in [-0.05, 0) is 21.9 Å². The molecule has 0 N–H and O–H groups in total. The van der Waals surface area contributed by atoms with Gasteiger partial charge in [-0.25, -0.2) is 0 Å². The van der Waals surface area contributed by atoms with E-state index in [1.54, 1.807) is 17.2 Å². The molecular weight excluding hydrogens is 200 g/mol. The second-order valence-corrected chi connectivity index (χ2v) is 5.60. The number of rotatable bonds is 3. The fraction of sp³-hybridized carbons (Fsp3) is 0.286.